The number of amides is 2. The molecule has 2 saturated heterocycles. The van der Waals surface area contributed by atoms with Gasteiger partial charge < -0.3 is 20.3 Å². The third kappa shape index (κ3) is 5.11. The molecule has 6 nitrogen and oxygen atoms in total. The smallest absolute Gasteiger partial charge is 0.378 e. The van der Waals surface area contributed by atoms with Crippen LogP contribution in [0.2, 0.25) is 0 Å². The fraction of sp³-hybridized carbons (Fsp3) is 0.500. The molecule has 2 atom stereocenters. The number of carbonyl (C=O) groups is 1. The highest BCUT2D eigenvalue weighted by molar-refractivity contribution is 5.74. The molecule has 184 valence electrons. The standard InChI is InChI=1S/C24H28F4N4O2/c1-14-9-20(25)19(22-16(13-24(26,27)28)3-4-32(22)23(29)33)12-18(14)17-10-15(2)30-21(11-17)31-5-7-34-8-6-31/h9-12,16,22H,3-8,13H2,1-2H3,(H2,29,33). The summed E-state index contributed by atoms with van der Waals surface area (Å²) in [6, 6.07) is 4.71. The van der Waals surface area contributed by atoms with Crippen LogP contribution < -0.4 is 10.6 Å². The summed E-state index contributed by atoms with van der Waals surface area (Å²) in [7, 11) is 0. The monoisotopic (exact) mass is 480 g/mol. The minimum absolute atomic E-state index is 0.0496. The molecule has 3 heterocycles. The molecule has 0 bridgehead atoms. The third-order valence-electron chi connectivity index (χ3n) is 6.55. The molecule has 2 aromatic rings. The average molecular weight is 481 g/mol. The summed E-state index contributed by atoms with van der Waals surface area (Å²) >= 11 is 0. The molecule has 2 N–H and O–H groups in total. The molecule has 4 rings (SSSR count). The highest BCUT2D eigenvalue weighted by atomic mass is 19.4. The molecule has 2 fully saturated rings. The van der Waals surface area contributed by atoms with Crippen LogP contribution in [0.4, 0.5) is 28.2 Å². The van der Waals surface area contributed by atoms with Crippen molar-refractivity contribution >= 4 is 11.8 Å². The molecule has 0 saturated carbocycles. The van der Waals surface area contributed by atoms with Gasteiger partial charge >= 0.3 is 12.2 Å². The number of aromatic nitrogens is 1. The Morgan fingerprint density at radius 3 is 2.50 bits per heavy atom. The number of urea groups is 1. The largest absolute Gasteiger partial charge is 0.389 e. The van der Waals surface area contributed by atoms with Crippen molar-refractivity contribution in [2.45, 2.75) is 38.9 Å². The molecule has 10 heteroatoms. The van der Waals surface area contributed by atoms with Crippen LogP contribution in [0.5, 0.6) is 0 Å². The van der Waals surface area contributed by atoms with Gasteiger partial charge in [0, 0.05) is 37.3 Å². The second-order valence-electron chi connectivity index (χ2n) is 8.99. The van der Waals surface area contributed by atoms with Crippen molar-refractivity contribution in [3.8, 4) is 11.1 Å². The lowest BCUT2D eigenvalue weighted by molar-refractivity contribution is -0.146. The second kappa shape index (κ2) is 9.40. The summed E-state index contributed by atoms with van der Waals surface area (Å²) in [5.41, 5.74) is 8.37. The number of nitrogens with zero attached hydrogens (tertiary/aromatic N) is 3. The maximum Gasteiger partial charge on any atom is 0.389 e. The Balaban J connectivity index is 1.78. The van der Waals surface area contributed by atoms with Gasteiger partial charge in [-0.05, 0) is 67.1 Å². The molecule has 2 unspecified atom stereocenters. The number of pyridine rings is 1. The summed E-state index contributed by atoms with van der Waals surface area (Å²) in [4.78, 5) is 19.9. The van der Waals surface area contributed by atoms with Crippen molar-refractivity contribution in [1.29, 1.82) is 0 Å². The second-order valence-corrected chi connectivity index (χ2v) is 8.99. The minimum atomic E-state index is -4.43. The van der Waals surface area contributed by atoms with E-state index in [0.717, 1.165) is 22.0 Å². The van der Waals surface area contributed by atoms with Crippen molar-refractivity contribution in [2.75, 3.05) is 37.7 Å². The first kappa shape index (κ1) is 24.3. The van der Waals surface area contributed by atoms with Gasteiger partial charge in [-0.3, -0.25) is 0 Å². The molecule has 2 aliphatic rings. The fourth-order valence-electron chi connectivity index (χ4n) is 5.02. The quantitative estimate of drug-likeness (QED) is 0.642. The van der Waals surface area contributed by atoms with Crippen molar-refractivity contribution in [2.24, 2.45) is 11.7 Å². The van der Waals surface area contributed by atoms with E-state index in [1.807, 2.05) is 19.1 Å². The van der Waals surface area contributed by atoms with Gasteiger partial charge in [0.25, 0.3) is 0 Å². The van der Waals surface area contributed by atoms with E-state index in [-0.39, 0.29) is 18.5 Å². The number of aryl methyl sites for hydroxylation is 2. The number of hydrogen-bond donors (Lipinski definition) is 1. The normalized spacial score (nSPS) is 21.2. The maximum atomic E-state index is 15.2. The van der Waals surface area contributed by atoms with Gasteiger partial charge in [-0.25, -0.2) is 14.2 Å². The van der Waals surface area contributed by atoms with Crippen LogP contribution in [-0.4, -0.2) is 54.9 Å². The van der Waals surface area contributed by atoms with Crippen molar-refractivity contribution in [3.63, 3.8) is 0 Å². The topological polar surface area (TPSA) is 71.7 Å². The number of primary amides is 1. The maximum absolute atomic E-state index is 15.2. The first-order valence-electron chi connectivity index (χ1n) is 11.3. The Morgan fingerprint density at radius 2 is 1.85 bits per heavy atom. The lowest BCUT2D eigenvalue weighted by Gasteiger charge is -2.29. The number of carbonyl (C=O) groups excluding carboxylic acids is 1. The van der Waals surface area contributed by atoms with Crippen LogP contribution in [0.25, 0.3) is 11.1 Å². The van der Waals surface area contributed by atoms with Crippen LogP contribution in [0, 0.1) is 25.6 Å². The first-order valence-corrected chi connectivity index (χ1v) is 11.3. The Bertz CT molecular complexity index is 1070. The Morgan fingerprint density at radius 1 is 1.15 bits per heavy atom. The summed E-state index contributed by atoms with van der Waals surface area (Å²) in [6.07, 6.45) is -5.44. The van der Waals surface area contributed by atoms with Gasteiger partial charge in [-0.15, -0.1) is 0 Å². The Hall–Kier alpha value is -2.88. The van der Waals surface area contributed by atoms with Gasteiger partial charge in [0.05, 0.1) is 19.3 Å². The summed E-state index contributed by atoms with van der Waals surface area (Å²) in [6.45, 7) is 6.24. The number of likely N-dealkylation sites (tertiary alicyclic amines) is 1. The number of nitrogens with two attached hydrogens (primary N) is 1. The third-order valence-corrected chi connectivity index (χ3v) is 6.55. The fourth-order valence-corrected chi connectivity index (χ4v) is 5.02. The van der Waals surface area contributed by atoms with E-state index in [4.69, 9.17) is 10.5 Å². The van der Waals surface area contributed by atoms with Crippen LogP contribution in [0.1, 0.15) is 35.7 Å². The SMILES string of the molecule is Cc1cc(-c2cc(C3C(CC(F)(F)F)CCN3C(N)=O)c(F)cc2C)cc(N2CCOCC2)n1. The zero-order valence-electron chi connectivity index (χ0n) is 19.2. The lowest BCUT2D eigenvalue weighted by atomic mass is 9.87. The average Bonchev–Trinajstić information content (AvgIpc) is 3.16. The van der Waals surface area contributed by atoms with Crippen LogP contribution >= 0.6 is 0 Å². The van der Waals surface area contributed by atoms with Crippen molar-refractivity contribution < 1.29 is 27.1 Å². The molecule has 2 amide bonds. The summed E-state index contributed by atoms with van der Waals surface area (Å²) < 4.78 is 60.4. The predicted molar refractivity (Wildman–Crippen MR) is 120 cm³/mol. The van der Waals surface area contributed by atoms with E-state index in [1.54, 1.807) is 13.0 Å². The highest BCUT2D eigenvalue weighted by Crippen LogP contribution is 2.45. The molecule has 1 aromatic heterocycles. The Kier molecular flexibility index (Phi) is 6.71. The number of rotatable bonds is 4. The molecule has 0 aliphatic carbocycles. The molecule has 0 radical (unpaired) electrons. The first-order chi connectivity index (χ1) is 16.0. The molecular weight excluding hydrogens is 452 g/mol. The van der Waals surface area contributed by atoms with Crippen molar-refractivity contribution in [3.05, 3.63) is 46.9 Å². The van der Waals surface area contributed by atoms with Crippen LogP contribution in [0.3, 0.4) is 0 Å². The highest BCUT2D eigenvalue weighted by Gasteiger charge is 2.44. The van der Waals surface area contributed by atoms with E-state index in [9.17, 15) is 18.0 Å². The van der Waals surface area contributed by atoms with E-state index in [2.05, 4.69) is 9.88 Å². The number of hydrogen-bond acceptors (Lipinski definition) is 4. The molecule has 1 aromatic carbocycles. The van der Waals surface area contributed by atoms with E-state index in [0.29, 0.717) is 37.4 Å². The number of anilines is 1. The van der Waals surface area contributed by atoms with Gasteiger partial charge in [0.2, 0.25) is 0 Å². The number of benzene rings is 1. The van der Waals surface area contributed by atoms with Crippen molar-refractivity contribution in [1.82, 2.24) is 9.88 Å². The van der Waals surface area contributed by atoms with E-state index >= 15 is 4.39 Å². The van der Waals surface area contributed by atoms with Gasteiger partial charge in [0.1, 0.15) is 11.6 Å². The summed E-state index contributed by atoms with van der Waals surface area (Å²) in [5.74, 6) is -0.857. The van der Waals surface area contributed by atoms with E-state index in [1.165, 1.54) is 6.07 Å². The zero-order chi connectivity index (χ0) is 24.6. The minimum Gasteiger partial charge on any atom is -0.378 e. The Labute approximate surface area is 195 Å². The van der Waals surface area contributed by atoms with Gasteiger partial charge in [-0.1, -0.05) is 0 Å². The molecule has 34 heavy (non-hydrogen) atoms. The zero-order valence-corrected chi connectivity index (χ0v) is 19.2. The number of halogens is 4. The predicted octanol–water partition coefficient (Wildman–Crippen LogP) is 4.74. The van der Waals surface area contributed by atoms with E-state index < -0.39 is 36.4 Å². The number of morpholine rings is 1. The number of ether oxygens (including phenoxy) is 1. The lowest BCUT2D eigenvalue weighted by Crippen LogP contribution is -2.37. The van der Waals surface area contributed by atoms with Gasteiger partial charge in [-0.2, -0.15) is 13.2 Å². The van der Waals surface area contributed by atoms with Crippen LogP contribution in [-0.2, 0) is 4.74 Å². The molecular formula is C24H28F4N4O2. The number of alkyl halides is 3. The van der Waals surface area contributed by atoms with Crippen LogP contribution in [0.15, 0.2) is 24.3 Å². The molecule has 2 aliphatic heterocycles. The summed E-state index contributed by atoms with van der Waals surface area (Å²) in [5, 5.41) is 0. The molecule has 0 spiro atoms. The van der Waals surface area contributed by atoms with Gasteiger partial charge in [0.15, 0.2) is 0 Å².